The highest BCUT2D eigenvalue weighted by atomic mass is 32.2. The molecular weight excluding hydrogens is 410 g/mol. The average molecular weight is 433 g/mol. The number of sulfonamides is 1. The maximum absolute atomic E-state index is 13.0. The van der Waals surface area contributed by atoms with Crippen molar-refractivity contribution in [2.75, 3.05) is 18.4 Å². The highest BCUT2D eigenvalue weighted by Gasteiger charge is 2.33. The third-order valence-corrected chi connectivity index (χ3v) is 7.26. The molecule has 2 amide bonds. The second-order valence-electron chi connectivity index (χ2n) is 7.38. The number of furan rings is 1. The van der Waals surface area contributed by atoms with Crippen LogP contribution in [0.2, 0.25) is 0 Å². The van der Waals surface area contributed by atoms with E-state index in [4.69, 9.17) is 9.15 Å². The van der Waals surface area contributed by atoms with Gasteiger partial charge >= 0.3 is 0 Å². The number of anilines is 1. The fraction of sp³-hybridized carbons (Fsp3) is 0.400. The number of fused-ring (bicyclic) bond motifs is 1. The molecule has 4 rings (SSSR count). The van der Waals surface area contributed by atoms with Gasteiger partial charge in [-0.15, -0.1) is 0 Å². The Hall–Kier alpha value is -2.85. The van der Waals surface area contributed by atoms with Crippen LogP contribution in [-0.2, 0) is 26.2 Å². The van der Waals surface area contributed by atoms with E-state index in [1.165, 1.54) is 16.4 Å². The normalized spacial score (nSPS) is 20.2. The van der Waals surface area contributed by atoms with Crippen molar-refractivity contribution in [3.05, 3.63) is 42.4 Å². The molecule has 0 saturated carbocycles. The van der Waals surface area contributed by atoms with Gasteiger partial charge in [0, 0.05) is 19.0 Å². The first-order valence-corrected chi connectivity index (χ1v) is 11.2. The summed E-state index contributed by atoms with van der Waals surface area (Å²) in [5.74, 6) is 0.433. The van der Waals surface area contributed by atoms with Crippen molar-refractivity contribution < 1.29 is 27.2 Å². The van der Waals surface area contributed by atoms with Crippen molar-refractivity contribution in [3.63, 3.8) is 0 Å². The molecule has 2 N–H and O–H groups in total. The number of benzene rings is 1. The molecule has 0 aliphatic carbocycles. The Labute approximate surface area is 174 Å². The van der Waals surface area contributed by atoms with Gasteiger partial charge in [0.25, 0.3) is 5.91 Å². The van der Waals surface area contributed by atoms with Crippen LogP contribution in [0.15, 0.2) is 45.9 Å². The lowest BCUT2D eigenvalue weighted by Gasteiger charge is -2.31. The molecule has 10 heteroatoms. The summed E-state index contributed by atoms with van der Waals surface area (Å²) in [4.78, 5) is 24.3. The van der Waals surface area contributed by atoms with Gasteiger partial charge in [-0.05, 0) is 50.1 Å². The van der Waals surface area contributed by atoms with Crippen LogP contribution in [0.3, 0.4) is 0 Å². The molecule has 1 aromatic carbocycles. The van der Waals surface area contributed by atoms with Crippen molar-refractivity contribution >= 4 is 27.5 Å². The largest absolute Gasteiger partial charge is 0.479 e. The summed E-state index contributed by atoms with van der Waals surface area (Å²) in [5, 5.41) is 5.49. The van der Waals surface area contributed by atoms with Crippen LogP contribution in [0.1, 0.15) is 25.5 Å². The first-order valence-electron chi connectivity index (χ1n) is 9.76. The van der Waals surface area contributed by atoms with Gasteiger partial charge in [-0.1, -0.05) is 0 Å². The van der Waals surface area contributed by atoms with Crippen molar-refractivity contribution in [1.82, 2.24) is 9.62 Å². The number of nitrogens with zero attached hydrogens (tertiary/aromatic N) is 1. The Balaban J connectivity index is 1.38. The Morgan fingerprint density at radius 2 is 2.03 bits per heavy atom. The summed E-state index contributed by atoms with van der Waals surface area (Å²) >= 11 is 0. The molecule has 1 fully saturated rings. The molecule has 1 atom stereocenters. The van der Waals surface area contributed by atoms with Crippen LogP contribution in [0, 0.1) is 5.92 Å². The minimum absolute atomic E-state index is 0.0837. The number of nitrogens with one attached hydrogen (secondary N) is 2. The molecule has 2 aliphatic heterocycles. The highest BCUT2D eigenvalue weighted by Crippen LogP contribution is 2.33. The second-order valence-corrected chi connectivity index (χ2v) is 9.32. The third kappa shape index (κ3) is 4.05. The number of rotatable bonds is 5. The Bertz CT molecular complexity index is 1040. The number of piperidine rings is 1. The number of carbonyl (C=O) groups excluding carboxylic acids is 2. The first kappa shape index (κ1) is 20.4. The molecule has 0 spiro atoms. The van der Waals surface area contributed by atoms with E-state index in [0.717, 1.165) is 0 Å². The molecule has 1 unspecified atom stereocenters. The van der Waals surface area contributed by atoms with Gasteiger partial charge in [0.1, 0.15) is 11.5 Å². The van der Waals surface area contributed by atoms with E-state index in [9.17, 15) is 18.0 Å². The Morgan fingerprint density at radius 3 is 2.73 bits per heavy atom. The van der Waals surface area contributed by atoms with E-state index in [-0.39, 0.29) is 35.7 Å². The minimum atomic E-state index is -3.74. The molecule has 3 heterocycles. The van der Waals surface area contributed by atoms with Gasteiger partial charge in [-0.25, -0.2) is 8.42 Å². The molecule has 0 bridgehead atoms. The van der Waals surface area contributed by atoms with Gasteiger partial charge < -0.3 is 19.8 Å². The molecule has 1 saturated heterocycles. The maximum atomic E-state index is 13.0. The number of carbonyl (C=O) groups is 2. The number of hydrogen-bond acceptors (Lipinski definition) is 6. The van der Waals surface area contributed by atoms with Gasteiger partial charge in [0.15, 0.2) is 6.10 Å². The standard InChI is InChI=1S/C20H23N3O6S/c1-13-19(24)22-17-11-16(4-5-18(17)29-13)30(26,27)23-8-6-14(7-9-23)20(25)21-12-15-3-2-10-28-15/h2-5,10-11,13-14H,6-9,12H2,1H3,(H,21,25)(H,22,24). The number of ether oxygens (including phenoxy) is 1. The molecular formula is C20H23N3O6S. The number of hydrogen-bond donors (Lipinski definition) is 2. The van der Waals surface area contributed by atoms with E-state index < -0.39 is 16.1 Å². The van der Waals surface area contributed by atoms with Crippen molar-refractivity contribution in [2.24, 2.45) is 5.92 Å². The Kier molecular flexibility index (Phi) is 5.52. The zero-order valence-electron chi connectivity index (χ0n) is 16.5. The van der Waals surface area contributed by atoms with Crippen LogP contribution in [0.5, 0.6) is 5.75 Å². The molecule has 1 aromatic heterocycles. The second kappa shape index (κ2) is 8.11. The maximum Gasteiger partial charge on any atom is 0.265 e. The van der Waals surface area contributed by atoms with E-state index in [2.05, 4.69) is 10.6 Å². The third-order valence-electron chi connectivity index (χ3n) is 5.36. The predicted octanol–water partition coefficient (Wildman–Crippen LogP) is 1.72. The van der Waals surface area contributed by atoms with Crippen molar-refractivity contribution in [3.8, 4) is 5.75 Å². The van der Waals surface area contributed by atoms with Gasteiger partial charge in [-0.3, -0.25) is 9.59 Å². The van der Waals surface area contributed by atoms with Crippen molar-refractivity contribution in [2.45, 2.75) is 37.3 Å². The van der Waals surface area contributed by atoms with Crippen LogP contribution in [0.25, 0.3) is 0 Å². The number of amides is 2. The monoisotopic (exact) mass is 433 g/mol. The molecule has 2 aromatic rings. The van der Waals surface area contributed by atoms with Crippen LogP contribution in [0.4, 0.5) is 5.69 Å². The molecule has 9 nitrogen and oxygen atoms in total. The summed E-state index contributed by atoms with van der Waals surface area (Å²) in [5.41, 5.74) is 0.339. The average Bonchev–Trinajstić information content (AvgIpc) is 3.26. The molecule has 0 radical (unpaired) electrons. The lowest BCUT2D eigenvalue weighted by atomic mass is 9.97. The molecule has 160 valence electrons. The van der Waals surface area contributed by atoms with Crippen LogP contribution < -0.4 is 15.4 Å². The van der Waals surface area contributed by atoms with Gasteiger partial charge in [0.05, 0.1) is 23.4 Å². The minimum Gasteiger partial charge on any atom is -0.479 e. The van der Waals surface area contributed by atoms with Gasteiger partial charge in [-0.2, -0.15) is 4.31 Å². The fourth-order valence-electron chi connectivity index (χ4n) is 3.59. The van der Waals surface area contributed by atoms with E-state index in [1.807, 2.05) is 0 Å². The van der Waals surface area contributed by atoms with Crippen molar-refractivity contribution in [1.29, 1.82) is 0 Å². The van der Waals surface area contributed by atoms with E-state index in [1.54, 1.807) is 31.4 Å². The quantitative estimate of drug-likeness (QED) is 0.741. The molecule has 30 heavy (non-hydrogen) atoms. The summed E-state index contributed by atoms with van der Waals surface area (Å²) in [6.07, 6.45) is 1.79. The van der Waals surface area contributed by atoms with Gasteiger partial charge in [0.2, 0.25) is 15.9 Å². The highest BCUT2D eigenvalue weighted by molar-refractivity contribution is 7.89. The summed E-state index contributed by atoms with van der Waals surface area (Å²) in [7, 11) is -3.74. The summed E-state index contributed by atoms with van der Waals surface area (Å²) in [6, 6.07) is 7.97. The lowest BCUT2D eigenvalue weighted by Crippen LogP contribution is -2.43. The first-order chi connectivity index (χ1) is 14.3. The zero-order valence-corrected chi connectivity index (χ0v) is 17.3. The predicted molar refractivity (Wildman–Crippen MR) is 107 cm³/mol. The zero-order chi connectivity index (χ0) is 21.3. The SMILES string of the molecule is CC1Oc2ccc(S(=O)(=O)N3CCC(C(=O)NCc4ccco4)CC3)cc2NC1=O. The van der Waals surface area contributed by atoms with Crippen LogP contribution >= 0.6 is 0 Å². The fourth-order valence-corrected chi connectivity index (χ4v) is 5.08. The summed E-state index contributed by atoms with van der Waals surface area (Å²) in [6.45, 7) is 2.43. The van der Waals surface area contributed by atoms with Crippen LogP contribution in [-0.4, -0.2) is 43.7 Å². The Morgan fingerprint density at radius 1 is 1.27 bits per heavy atom. The topological polar surface area (TPSA) is 118 Å². The summed E-state index contributed by atoms with van der Waals surface area (Å²) < 4.78 is 38.1. The van der Waals surface area contributed by atoms with E-state index >= 15 is 0 Å². The smallest absolute Gasteiger partial charge is 0.265 e. The van der Waals surface area contributed by atoms with E-state index in [0.29, 0.717) is 36.6 Å². The molecule has 2 aliphatic rings. The lowest BCUT2D eigenvalue weighted by molar-refractivity contribution is -0.126.